The summed E-state index contributed by atoms with van der Waals surface area (Å²) in [6.07, 6.45) is 0. The highest BCUT2D eigenvalue weighted by Crippen LogP contribution is 2.44. The van der Waals surface area contributed by atoms with Crippen LogP contribution in [0.15, 0.2) is 22.7 Å². The van der Waals surface area contributed by atoms with Crippen molar-refractivity contribution in [2.45, 2.75) is 12.5 Å². The Bertz CT molecular complexity index is 332. The fraction of sp³-hybridized carbons (Fsp3) is 0.400. The number of para-hydroxylation sites is 1. The van der Waals surface area contributed by atoms with Gasteiger partial charge in [-0.3, -0.25) is 0 Å². The molecule has 0 N–H and O–H groups in total. The molecule has 1 atom stereocenters. The third kappa shape index (κ3) is 1.46. The maximum atomic E-state index is 5.38. The van der Waals surface area contributed by atoms with Crippen molar-refractivity contribution in [3.05, 3.63) is 28.2 Å². The largest absolute Gasteiger partial charge is 0.495 e. The van der Waals surface area contributed by atoms with Gasteiger partial charge in [0.25, 0.3) is 0 Å². The molecule has 1 aliphatic rings. The lowest BCUT2D eigenvalue weighted by atomic mass is 10.0. The Morgan fingerprint density at radius 3 is 2.77 bits per heavy atom. The molecule has 0 saturated carbocycles. The van der Waals surface area contributed by atoms with Gasteiger partial charge in [-0.2, -0.15) is 0 Å². The molecule has 0 spiro atoms. The molecule has 3 heteroatoms. The minimum atomic E-state index is -0.130. The number of ether oxygens (including phenoxy) is 2. The topological polar surface area (TPSA) is 21.8 Å². The summed E-state index contributed by atoms with van der Waals surface area (Å²) in [6.45, 7) is 2.84. The second-order valence-electron chi connectivity index (χ2n) is 3.34. The molecule has 2 rings (SSSR count). The van der Waals surface area contributed by atoms with E-state index < -0.39 is 0 Å². The quantitative estimate of drug-likeness (QED) is 0.745. The van der Waals surface area contributed by atoms with Crippen LogP contribution in [0.3, 0.4) is 0 Å². The van der Waals surface area contributed by atoms with Crippen LogP contribution in [0.25, 0.3) is 0 Å². The Hall–Kier alpha value is -0.540. The molecule has 1 fully saturated rings. The molecule has 1 aliphatic heterocycles. The van der Waals surface area contributed by atoms with E-state index in [9.17, 15) is 0 Å². The maximum Gasteiger partial charge on any atom is 0.139 e. The molecule has 0 aromatic heterocycles. The second-order valence-corrected chi connectivity index (χ2v) is 4.19. The van der Waals surface area contributed by atoms with Crippen molar-refractivity contribution in [2.75, 3.05) is 13.7 Å². The third-order valence-corrected chi connectivity index (χ3v) is 2.94. The van der Waals surface area contributed by atoms with Crippen molar-refractivity contribution in [3.63, 3.8) is 0 Å². The molecule has 0 aliphatic carbocycles. The molecule has 0 bridgehead atoms. The molecular formula is C10H11BrO2. The third-order valence-electron chi connectivity index (χ3n) is 2.32. The Labute approximate surface area is 86.0 Å². The van der Waals surface area contributed by atoms with Crippen LogP contribution in [0.4, 0.5) is 0 Å². The zero-order valence-electron chi connectivity index (χ0n) is 7.63. The van der Waals surface area contributed by atoms with Crippen LogP contribution in [0.2, 0.25) is 0 Å². The highest BCUT2D eigenvalue weighted by atomic mass is 79.9. The first kappa shape index (κ1) is 9.03. The number of benzene rings is 1. The minimum absolute atomic E-state index is 0.130. The van der Waals surface area contributed by atoms with Gasteiger partial charge in [-0.15, -0.1) is 0 Å². The van der Waals surface area contributed by atoms with Gasteiger partial charge in [0.05, 0.1) is 18.2 Å². The molecule has 1 unspecified atom stereocenters. The van der Waals surface area contributed by atoms with E-state index in [1.54, 1.807) is 7.11 Å². The van der Waals surface area contributed by atoms with Gasteiger partial charge in [0.2, 0.25) is 0 Å². The van der Waals surface area contributed by atoms with Gasteiger partial charge in [0, 0.05) is 5.56 Å². The Morgan fingerprint density at radius 2 is 2.23 bits per heavy atom. The lowest BCUT2D eigenvalue weighted by Crippen LogP contribution is -2.05. The van der Waals surface area contributed by atoms with E-state index in [0.29, 0.717) is 0 Å². The summed E-state index contributed by atoms with van der Waals surface area (Å²) in [6, 6.07) is 6.00. The van der Waals surface area contributed by atoms with Crippen molar-refractivity contribution >= 4 is 15.9 Å². The summed E-state index contributed by atoms with van der Waals surface area (Å²) in [5.74, 6) is 0.877. The monoisotopic (exact) mass is 242 g/mol. The molecule has 13 heavy (non-hydrogen) atoms. The number of methoxy groups -OCH3 is 1. The van der Waals surface area contributed by atoms with E-state index in [2.05, 4.69) is 22.9 Å². The first-order chi connectivity index (χ1) is 6.17. The van der Waals surface area contributed by atoms with E-state index >= 15 is 0 Å². The smallest absolute Gasteiger partial charge is 0.139 e. The fourth-order valence-corrected chi connectivity index (χ4v) is 1.92. The summed E-state index contributed by atoms with van der Waals surface area (Å²) < 4.78 is 11.7. The van der Waals surface area contributed by atoms with Gasteiger partial charge in [-0.05, 0) is 28.9 Å². The fourth-order valence-electron chi connectivity index (χ4n) is 1.40. The number of hydrogen-bond donors (Lipinski definition) is 0. The zero-order chi connectivity index (χ0) is 9.47. The number of hydrogen-bond acceptors (Lipinski definition) is 2. The summed E-state index contributed by atoms with van der Waals surface area (Å²) in [7, 11) is 1.68. The molecule has 2 nitrogen and oxygen atoms in total. The van der Waals surface area contributed by atoms with Crippen LogP contribution in [-0.2, 0) is 10.3 Å². The zero-order valence-corrected chi connectivity index (χ0v) is 9.22. The van der Waals surface area contributed by atoms with E-state index in [4.69, 9.17) is 9.47 Å². The lowest BCUT2D eigenvalue weighted by molar-refractivity contribution is 0.315. The van der Waals surface area contributed by atoms with Gasteiger partial charge in [-0.25, -0.2) is 0 Å². The highest BCUT2D eigenvalue weighted by molar-refractivity contribution is 9.10. The van der Waals surface area contributed by atoms with Crippen molar-refractivity contribution in [2.24, 2.45) is 0 Å². The molecule has 1 aromatic rings. The Balaban J connectivity index is 2.50. The van der Waals surface area contributed by atoms with Gasteiger partial charge < -0.3 is 9.47 Å². The molecule has 1 saturated heterocycles. The molecule has 70 valence electrons. The molecule has 1 aromatic carbocycles. The van der Waals surface area contributed by atoms with Crippen LogP contribution >= 0.6 is 15.9 Å². The predicted molar refractivity (Wildman–Crippen MR) is 54.0 cm³/mol. The van der Waals surface area contributed by atoms with Crippen LogP contribution in [-0.4, -0.2) is 13.7 Å². The van der Waals surface area contributed by atoms with E-state index in [1.165, 1.54) is 0 Å². The van der Waals surface area contributed by atoms with Crippen molar-refractivity contribution < 1.29 is 9.47 Å². The van der Waals surface area contributed by atoms with Crippen molar-refractivity contribution in [1.29, 1.82) is 0 Å². The maximum absolute atomic E-state index is 5.38. The van der Waals surface area contributed by atoms with Crippen LogP contribution in [0.5, 0.6) is 5.75 Å². The van der Waals surface area contributed by atoms with Gasteiger partial charge in [0.15, 0.2) is 0 Å². The van der Waals surface area contributed by atoms with E-state index in [-0.39, 0.29) is 5.60 Å². The highest BCUT2D eigenvalue weighted by Gasteiger charge is 2.43. The molecule has 0 amide bonds. The minimum Gasteiger partial charge on any atom is -0.495 e. The average Bonchev–Trinajstić information content (AvgIpc) is 2.85. The van der Waals surface area contributed by atoms with E-state index in [0.717, 1.165) is 22.4 Å². The van der Waals surface area contributed by atoms with Gasteiger partial charge >= 0.3 is 0 Å². The van der Waals surface area contributed by atoms with Crippen molar-refractivity contribution in [3.8, 4) is 5.75 Å². The molecule has 0 radical (unpaired) electrons. The number of epoxide rings is 1. The molecular weight excluding hydrogens is 232 g/mol. The summed E-state index contributed by atoms with van der Waals surface area (Å²) in [5.41, 5.74) is 0.985. The van der Waals surface area contributed by atoms with Crippen LogP contribution in [0, 0.1) is 0 Å². The normalized spacial score (nSPS) is 25.8. The van der Waals surface area contributed by atoms with E-state index in [1.807, 2.05) is 18.2 Å². The van der Waals surface area contributed by atoms with Gasteiger partial charge in [0.1, 0.15) is 11.4 Å². The molecule has 1 heterocycles. The standard InChI is InChI=1S/C10H11BrO2/c1-10(6-13-10)7-4-3-5-8(11)9(7)12-2/h3-5H,6H2,1-2H3. The first-order valence-electron chi connectivity index (χ1n) is 4.14. The summed E-state index contributed by atoms with van der Waals surface area (Å²) >= 11 is 3.45. The SMILES string of the molecule is COc1c(Br)cccc1C1(C)CO1. The number of rotatable bonds is 2. The van der Waals surface area contributed by atoms with Crippen LogP contribution < -0.4 is 4.74 Å². The Morgan fingerprint density at radius 1 is 1.54 bits per heavy atom. The average molecular weight is 243 g/mol. The summed E-state index contributed by atoms with van der Waals surface area (Å²) in [4.78, 5) is 0. The van der Waals surface area contributed by atoms with Crippen LogP contribution in [0.1, 0.15) is 12.5 Å². The Kier molecular flexibility index (Phi) is 2.08. The lowest BCUT2D eigenvalue weighted by Gasteiger charge is -2.12. The first-order valence-corrected chi connectivity index (χ1v) is 4.93. The number of halogens is 1. The van der Waals surface area contributed by atoms with Gasteiger partial charge in [-0.1, -0.05) is 12.1 Å². The van der Waals surface area contributed by atoms with Crippen molar-refractivity contribution in [1.82, 2.24) is 0 Å². The second kappa shape index (κ2) is 3.00. The predicted octanol–water partition coefficient (Wildman–Crippen LogP) is 2.70. The summed E-state index contributed by atoms with van der Waals surface area (Å²) in [5, 5.41) is 0.